The summed E-state index contributed by atoms with van der Waals surface area (Å²) < 4.78 is 7.54. The average Bonchev–Trinajstić information content (AvgIpc) is 2.91. The van der Waals surface area contributed by atoms with E-state index in [2.05, 4.69) is 10.3 Å². The Labute approximate surface area is 182 Å². The van der Waals surface area contributed by atoms with Crippen molar-refractivity contribution < 1.29 is 29.3 Å². The average molecular weight is 437 g/mol. The number of nitrogens with two attached hydrogens (primary N) is 1. The van der Waals surface area contributed by atoms with E-state index in [1.807, 2.05) is 38.5 Å². The van der Waals surface area contributed by atoms with Gasteiger partial charge in [0.15, 0.2) is 0 Å². The fourth-order valence-corrected chi connectivity index (χ4v) is 2.27. The van der Waals surface area contributed by atoms with Crippen LogP contribution in [0, 0.1) is 20.8 Å². The number of carboxylic acid groups (broad SMARTS) is 2. The summed E-state index contributed by atoms with van der Waals surface area (Å²) in [6.45, 7) is 9.33. The number of carboxylic acids is 2. The maximum atomic E-state index is 12.3. The molecule has 0 aliphatic heterocycles. The first-order valence-corrected chi connectivity index (χ1v) is 9.50. The molecule has 0 radical (unpaired) electrons. The zero-order valence-electron chi connectivity index (χ0n) is 18.9. The number of rotatable bonds is 6. The summed E-state index contributed by atoms with van der Waals surface area (Å²) in [5.74, 6) is -0.298. The molecule has 2 aromatic rings. The van der Waals surface area contributed by atoms with Crippen molar-refractivity contribution >= 4 is 17.8 Å². The van der Waals surface area contributed by atoms with Crippen molar-refractivity contribution in [3.05, 3.63) is 46.5 Å². The van der Waals surface area contributed by atoms with Crippen molar-refractivity contribution in [1.82, 2.24) is 14.9 Å². The van der Waals surface area contributed by atoms with Gasteiger partial charge in [-0.25, -0.2) is 4.98 Å². The molecular formula is C21H32N4O6. The minimum absolute atomic E-state index is 0.152. The molecule has 31 heavy (non-hydrogen) atoms. The van der Waals surface area contributed by atoms with Gasteiger partial charge in [-0.05, 0) is 38.5 Å². The van der Waals surface area contributed by atoms with Gasteiger partial charge < -0.3 is 30.6 Å². The van der Waals surface area contributed by atoms with Gasteiger partial charge in [0.2, 0.25) is 0 Å². The van der Waals surface area contributed by atoms with Gasteiger partial charge in [0, 0.05) is 38.7 Å². The molecule has 0 aliphatic carbocycles. The molecule has 0 spiro atoms. The summed E-state index contributed by atoms with van der Waals surface area (Å²) in [5, 5.41) is 17.7. The van der Waals surface area contributed by atoms with E-state index < -0.39 is 11.9 Å². The van der Waals surface area contributed by atoms with E-state index in [4.69, 9.17) is 30.3 Å². The number of hydrogen-bond donors (Lipinski definition) is 4. The Morgan fingerprint density at radius 3 is 2.13 bits per heavy atom. The third kappa shape index (κ3) is 10.8. The molecule has 0 saturated heterocycles. The summed E-state index contributed by atoms with van der Waals surface area (Å²) in [5.41, 5.74) is 9.06. The molecule has 0 atom stereocenters. The number of benzene rings is 1. The standard InChI is InChI=1S/C17H24N4O2.2C2H4O2/c1-11-5-6-14(9-15(11)23-8-7-18)17(22)19-10-16-20-12(2)13(3)21(16)4;2*1-2(3)4/h5-6,9H,7-8,10,18H2,1-4H3,(H,19,22);2*1H3,(H,3,4). The first-order valence-electron chi connectivity index (χ1n) is 9.50. The Morgan fingerprint density at radius 2 is 1.68 bits per heavy atom. The Morgan fingerprint density at radius 1 is 1.13 bits per heavy atom. The SMILES string of the molecule is CC(=O)O.CC(=O)O.Cc1ccc(C(=O)NCc2nc(C)c(C)n2C)cc1OCCN. The Balaban J connectivity index is 0.000000967. The quantitative estimate of drug-likeness (QED) is 0.534. The largest absolute Gasteiger partial charge is 0.492 e. The van der Waals surface area contributed by atoms with Crippen molar-refractivity contribution in [3.63, 3.8) is 0 Å². The number of carbonyl (C=O) groups is 3. The molecule has 1 amide bonds. The van der Waals surface area contributed by atoms with Gasteiger partial charge in [-0.2, -0.15) is 0 Å². The van der Waals surface area contributed by atoms with Gasteiger partial charge in [-0.15, -0.1) is 0 Å². The zero-order valence-corrected chi connectivity index (χ0v) is 18.9. The number of carbonyl (C=O) groups excluding carboxylic acids is 1. The van der Waals surface area contributed by atoms with E-state index in [0.717, 1.165) is 36.6 Å². The second-order valence-corrected chi connectivity index (χ2v) is 6.60. The summed E-state index contributed by atoms with van der Waals surface area (Å²) in [6.07, 6.45) is 0. The lowest BCUT2D eigenvalue weighted by Crippen LogP contribution is -2.24. The molecule has 10 nitrogen and oxygen atoms in total. The van der Waals surface area contributed by atoms with Crippen molar-refractivity contribution in [3.8, 4) is 5.75 Å². The minimum atomic E-state index is -0.833. The van der Waals surface area contributed by atoms with Crippen LogP contribution in [0.5, 0.6) is 5.75 Å². The number of aryl methyl sites for hydroxylation is 2. The van der Waals surface area contributed by atoms with Crippen LogP contribution in [0.15, 0.2) is 18.2 Å². The van der Waals surface area contributed by atoms with Crippen molar-refractivity contribution in [2.24, 2.45) is 12.8 Å². The summed E-state index contributed by atoms with van der Waals surface area (Å²) in [4.78, 5) is 34.8. The molecular weight excluding hydrogens is 404 g/mol. The van der Waals surface area contributed by atoms with Crippen LogP contribution in [-0.4, -0.2) is 50.8 Å². The van der Waals surface area contributed by atoms with Gasteiger partial charge in [-0.1, -0.05) is 6.07 Å². The van der Waals surface area contributed by atoms with Crippen LogP contribution in [0.1, 0.15) is 47.0 Å². The van der Waals surface area contributed by atoms with Crippen LogP contribution in [0.2, 0.25) is 0 Å². The third-order valence-corrected chi connectivity index (χ3v) is 3.94. The molecule has 172 valence electrons. The van der Waals surface area contributed by atoms with E-state index in [9.17, 15) is 4.79 Å². The topological polar surface area (TPSA) is 157 Å². The fraction of sp³-hybridized carbons (Fsp3) is 0.429. The highest BCUT2D eigenvalue weighted by Crippen LogP contribution is 2.19. The maximum Gasteiger partial charge on any atom is 0.300 e. The van der Waals surface area contributed by atoms with Crippen LogP contribution in [0.3, 0.4) is 0 Å². The first kappa shape index (κ1) is 27.6. The predicted octanol–water partition coefficient (Wildman–Crippen LogP) is 1.79. The van der Waals surface area contributed by atoms with Gasteiger partial charge in [0.05, 0.1) is 12.2 Å². The molecule has 1 heterocycles. The van der Waals surface area contributed by atoms with E-state index in [0.29, 0.717) is 31.0 Å². The monoisotopic (exact) mass is 436 g/mol. The number of aliphatic carboxylic acids is 2. The molecule has 0 bridgehead atoms. The first-order chi connectivity index (χ1) is 14.4. The summed E-state index contributed by atoms with van der Waals surface area (Å²) >= 11 is 0. The highest BCUT2D eigenvalue weighted by molar-refractivity contribution is 5.94. The highest BCUT2D eigenvalue weighted by Gasteiger charge is 2.12. The number of nitrogens with zero attached hydrogens (tertiary/aromatic N) is 2. The molecule has 10 heteroatoms. The molecule has 5 N–H and O–H groups in total. The summed E-state index contributed by atoms with van der Waals surface area (Å²) in [7, 11) is 1.95. The third-order valence-electron chi connectivity index (χ3n) is 3.94. The van der Waals surface area contributed by atoms with E-state index >= 15 is 0 Å². The van der Waals surface area contributed by atoms with E-state index in [1.54, 1.807) is 12.1 Å². The van der Waals surface area contributed by atoms with Gasteiger partial charge in [0.25, 0.3) is 17.8 Å². The molecule has 2 rings (SSSR count). The van der Waals surface area contributed by atoms with Gasteiger partial charge in [0.1, 0.15) is 18.2 Å². The van der Waals surface area contributed by atoms with Crippen LogP contribution < -0.4 is 15.8 Å². The molecule has 0 aliphatic rings. The predicted molar refractivity (Wildman–Crippen MR) is 116 cm³/mol. The van der Waals surface area contributed by atoms with Crippen molar-refractivity contribution in [2.75, 3.05) is 13.2 Å². The van der Waals surface area contributed by atoms with Crippen molar-refractivity contribution in [1.29, 1.82) is 0 Å². The lowest BCUT2D eigenvalue weighted by molar-refractivity contribution is -0.135. The lowest BCUT2D eigenvalue weighted by Gasteiger charge is -2.11. The fourth-order valence-electron chi connectivity index (χ4n) is 2.27. The van der Waals surface area contributed by atoms with E-state index in [-0.39, 0.29) is 5.91 Å². The zero-order chi connectivity index (χ0) is 24.1. The van der Waals surface area contributed by atoms with Crippen molar-refractivity contribution in [2.45, 2.75) is 41.2 Å². The van der Waals surface area contributed by atoms with Crippen LogP contribution in [0.4, 0.5) is 0 Å². The Kier molecular flexibility index (Phi) is 12.2. The number of nitrogens with one attached hydrogen (secondary N) is 1. The number of amides is 1. The smallest absolute Gasteiger partial charge is 0.300 e. The number of ether oxygens (including phenoxy) is 1. The molecule has 1 aromatic carbocycles. The van der Waals surface area contributed by atoms with E-state index in [1.165, 1.54) is 0 Å². The minimum Gasteiger partial charge on any atom is -0.492 e. The molecule has 0 unspecified atom stereocenters. The number of hydrogen-bond acceptors (Lipinski definition) is 6. The second-order valence-electron chi connectivity index (χ2n) is 6.60. The highest BCUT2D eigenvalue weighted by atomic mass is 16.5. The van der Waals surface area contributed by atoms with Crippen LogP contribution in [0.25, 0.3) is 0 Å². The van der Waals surface area contributed by atoms with Gasteiger partial charge in [-0.3, -0.25) is 14.4 Å². The molecule has 0 saturated carbocycles. The Bertz CT molecular complexity index is 872. The number of imidazole rings is 1. The lowest BCUT2D eigenvalue weighted by atomic mass is 10.1. The molecule has 0 fully saturated rings. The summed E-state index contributed by atoms with van der Waals surface area (Å²) in [6, 6.07) is 5.40. The normalized spacial score (nSPS) is 9.52. The van der Waals surface area contributed by atoms with Crippen LogP contribution >= 0.6 is 0 Å². The number of aromatic nitrogens is 2. The van der Waals surface area contributed by atoms with Crippen LogP contribution in [-0.2, 0) is 23.2 Å². The second kappa shape index (κ2) is 13.8. The Hall–Kier alpha value is -3.40. The molecule has 1 aromatic heterocycles. The maximum absolute atomic E-state index is 12.3. The van der Waals surface area contributed by atoms with Gasteiger partial charge >= 0.3 is 0 Å².